The quantitative estimate of drug-likeness (QED) is 0.703. The largest absolute Gasteiger partial charge is 0.396 e. The summed E-state index contributed by atoms with van der Waals surface area (Å²) in [6.07, 6.45) is 4.47. The first-order chi connectivity index (χ1) is 7.59. The molecule has 1 rings (SSSR count). The SMILES string of the molecule is COCC(C)(CCO)NCc1cnn(C)c1. The molecule has 0 aliphatic heterocycles. The van der Waals surface area contributed by atoms with E-state index in [0.29, 0.717) is 13.0 Å². The number of aryl methyl sites for hydroxylation is 1. The van der Waals surface area contributed by atoms with Gasteiger partial charge in [0.05, 0.1) is 12.8 Å². The summed E-state index contributed by atoms with van der Waals surface area (Å²) in [6, 6.07) is 0. The average Bonchev–Trinajstić information content (AvgIpc) is 2.62. The van der Waals surface area contributed by atoms with Gasteiger partial charge in [0.1, 0.15) is 0 Å². The van der Waals surface area contributed by atoms with Gasteiger partial charge in [0.25, 0.3) is 0 Å². The third kappa shape index (κ3) is 3.92. The van der Waals surface area contributed by atoms with E-state index in [4.69, 9.17) is 9.84 Å². The third-order valence-corrected chi connectivity index (χ3v) is 2.60. The summed E-state index contributed by atoms with van der Waals surface area (Å²) in [5, 5.41) is 16.5. The summed E-state index contributed by atoms with van der Waals surface area (Å²) in [7, 11) is 3.56. The van der Waals surface area contributed by atoms with Crippen LogP contribution in [-0.2, 0) is 18.3 Å². The fourth-order valence-electron chi connectivity index (χ4n) is 1.66. The van der Waals surface area contributed by atoms with Gasteiger partial charge in [-0.1, -0.05) is 0 Å². The van der Waals surface area contributed by atoms with Crippen molar-refractivity contribution in [1.29, 1.82) is 0 Å². The highest BCUT2D eigenvalue weighted by atomic mass is 16.5. The molecule has 5 nitrogen and oxygen atoms in total. The van der Waals surface area contributed by atoms with Crippen molar-refractivity contribution in [3.05, 3.63) is 18.0 Å². The Labute approximate surface area is 96.4 Å². The van der Waals surface area contributed by atoms with E-state index < -0.39 is 0 Å². The van der Waals surface area contributed by atoms with Crippen molar-refractivity contribution >= 4 is 0 Å². The van der Waals surface area contributed by atoms with E-state index >= 15 is 0 Å². The van der Waals surface area contributed by atoms with Gasteiger partial charge in [0, 0.05) is 44.6 Å². The van der Waals surface area contributed by atoms with E-state index in [0.717, 1.165) is 12.1 Å². The maximum atomic E-state index is 9.02. The molecule has 0 amide bonds. The number of aromatic nitrogens is 2. The highest BCUT2D eigenvalue weighted by molar-refractivity contribution is 5.04. The number of nitrogens with one attached hydrogen (secondary N) is 1. The minimum Gasteiger partial charge on any atom is -0.396 e. The number of methoxy groups -OCH3 is 1. The molecule has 0 bridgehead atoms. The summed E-state index contributed by atoms with van der Waals surface area (Å²) in [6.45, 7) is 3.50. The predicted molar refractivity (Wildman–Crippen MR) is 62.0 cm³/mol. The molecule has 92 valence electrons. The number of aliphatic hydroxyl groups is 1. The standard InChI is InChI=1S/C11H21N3O2/c1-11(4-5-15,9-16-3)12-6-10-7-13-14(2)8-10/h7-8,12,15H,4-6,9H2,1-3H3. The van der Waals surface area contributed by atoms with Crippen LogP contribution in [0.2, 0.25) is 0 Å². The van der Waals surface area contributed by atoms with Crippen LogP contribution in [0.1, 0.15) is 18.9 Å². The fourth-order valence-corrected chi connectivity index (χ4v) is 1.66. The molecule has 0 aliphatic carbocycles. The van der Waals surface area contributed by atoms with Gasteiger partial charge in [-0.3, -0.25) is 4.68 Å². The topological polar surface area (TPSA) is 59.3 Å². The zero-order chi connectivity index (χ0) is 12.0. The Balaban J connectivity index is 2.49. The highest BCUT2D eigenvalue weighted by Crippen LogP contribution is 2.11. The van der Waals surface area contributed by atoms with Crippen LogP contribution in [0.4, 0.5) is 0 Å². The summed E-state index contributed by atoms with van der Waals surface area (Å²) >= 11 is 0. The number of hydrogen-bond donors (Lipinski definition) is 2. The minimum atomic E-state index is -0.195. The number of hydrogen-bond acceptors (Lipinski definition) is 4. The lowest BCUT2D eigenvalue weighted by molar-refractivity contribution is 0.0969. The van der Waals surface area contributed by atoms with E-state index in [1.807, 2.05) is 26.4 Å². The van der Waals surface area contributed by atoms with E-state index in [2.05, 4.69) is 10.4 Å². The molecule has 0 spiro atoms. The minimum absolute atomic E-state index is 0.153. The van der Waals surface area contributed by atoms with Crippen molar-refractivity contribution in [2.75, 3.05) is 20.3 Å². The van der Waals surface area contributed by atoms with Crippen molar-refractivity contribution in [2.45, 2.75) is 25.4 Å². The molecular weight excluding hydrogens is 206 g/mol. The lowest BCUT2D eigenvalue weighted by Gasteiger charge is -2.29. The van der Waals surface area contributed by atoms with Crippen LogP contribution in [-0.4, -0.2) is 40.7 Å². The Bertz CT molecular complexity index is 306. The highest BCUT2D eigenvalue weighted by Gasteiger charge is 2.22. The molecule has 16 heavy (non-hydrogen) atoms. The molecule has 1 aromatic rings. The van der Waals surface area contributed by atoms with Gasteiger partial charge in [-0.05, 0) is 13.3 Å². The summed E-state index contributed by atoms with van der Waals surface area (Å²) in [5.41, 5.74) is 0.932. The van der Waals surface area contributed by atoms with Crippen LogP contribution < -0.4 is 5.32 Å². The predicted octanol–water partition coefficient (Wildman–Crippen LogP) is 0.297. The van der Waals surface area contributed by atoms with Crippen LogP contribution in [0, 0.1) is 0 Å². The molecule has 0 saturated carbocycles. The first kappa shape index (κ1) is 13.2. The first-order valence-electron chi connectivity index (χ1n) is 5.42. The van der Waals surface area contributed by atoms with Crippen molar-refractivity contribution < 1.29 is 9.84 Å². The van der Waals surface area contributed by atoms with Gasteiger partial charge in [0.15, 0.2) is 0 Å². The van der Waals surface area contributed by atoms with E-state index in [-0.39, 0.29) is 12.1 Å². The average molecular weight is 227 g/mol. The molecule has 0 aliphatic rings. The Morgan fingerprint density at radius 1 is 1.62 bits per heavy atom. The van der Waals surface area contributed by atoms with E-state index in [1.165, 1.54) is 0 Å². The van der Waals surface area contributed by atoms with Crippen LogP contribution in [0.5, 0.6) is 0 Å². The monoisotopic (exact) mass is 227 g/mol. The van der Waals surface area contributed by atoms with Gasteiger partial charge in [-0.2, -0.15) is 5.10 Å². The molecule has 0 fully saturated rings. The Kier molecular flexibility index (Phi) is 4.92. The maximum absolute atomic E-state index is 9.02. The molecule has 0 aromatic carbocycles. The second-order valence-electron chi connectivity index (χ2n) is 4.34. The Morgan fingerprint density at radius 2 is 2.38 bits per heavy atom. The molecule has 1 atom stereocenters. The molecule has 0 radical (unpaired) electrons. The van der Waals surface area contributed by atoms with Crippen molar-refractivity contribution in [3.8, 4) is 0 Å². The molecule has 1 aromatic heterocycles. The molecule has 0 saturated heterocycles. The van der Waals surface area contributed by atoms with Gasteiger partial charge < -0.3 is 15.2 Å². The molecule has 5 heteroatoms. The number of ether oxygens (including phenoxy) is 1. The smallest absolute Gasteiger partial charge is 0.0642 e. The summed E-state index contributed by atoms with van der Waals surface area (Å²) < 4.78 is 6.93. The van der Waals surface area contributed by atoms with Crippen molar-refractivity contribution in [1.82, 2.24) is 15.1 Å². The molecular formula is C11H21N3O2. The Hall–Kier alpha value is -0.910. The molecule has 1 unspecified atom stereocenters. The lowest BCUT2D eigenvalue weighted by Crippen LogP contribution is -2.46. The van der Waals surface area contributed by atoms with Gasteiger partial charge >= 0.3 is 0 Å². The normalized spacial score (nSPS) is 15.0. The van der Waals surface area contributed by atoms with Crippen molar-refractivity contribution in [2.24, 2.45) is 7.05 Å². The summed E-state index contributed by atoms with van der Waals surface area (Å²) in [4.78, 5) is 0. The number of aliphatic hydroxyl groups excluding tert-OH is 1. The molecule has 2 N–H and O–H groups in total. The Morgan fingerprint density at radius 3 is 2.88 bits per heavy atom. The van der Waals surface area contributed by atoms with Gasteiger partial charge in [-0.25, -0.2) is 0 Å². The second-order valence-corrected chi connectivity index (χ2v) is 4.34. The first-order valence-corrected chi connectivity index (χ1v) is 5.42. The van der Waals surface area contributed by atoms with Gasteiger partial charge in [-0.15, -0.1) is 0 Å². The van der Waals surface area contributed by atoms with Crippen LogP contribution in [0.25, 0.3) is 0 Å². The van der Waals surface area contributed by atoms with Gasteiger partial charge in [0.2, 0.25) is 0 Å². The van der Waals surface area contributed by atoms with Crippen molar-refractivity contribution in [3.63, 3.8) is 0 Å². The van der Waals surface area contributed by atoms with E-state index in [1.54, 1.807) is 11.8 Å². The second kappa shape index (κ2) is 5.98. The lowest BCUT2D eigenvalue weighted by atomic mass is 9.99. The van der Waals surface area contributed by atoms with E-state index in [9.17, 15) is 0 Å². The summed E-state index contributed by atoms with van der Waals surface area (Å²) in [5.74, 6) is 0. The zero-order valence-corrected chi connectivity index (χ0v) is 10.2. The van der Waals surface area contributed by atoms with Crippen LogP contribution in [0.3, 0.4) is 0 Å². The van der Waals surface area contributed by atoms with Crippen LogP contribution >= 0.6 is 0 Å². The molecule has 1 heterocycles. The number of rotatable bonds is 7. The number of nitrogens with zero attached hydrogens (tertiary/aromatic N) is 2. The fraction of sp³-hybridized carbons (Fsp3) is 0.727. The maximum Gasteiger partial charge on any atom is 0.0642 e. The van der Waals surface area contributed by atoms with Crippen LogP contribution in [0.15, 0.2) is 12.4 Å². The third-order valence-electron chi connectivity index (χ3n) is 2.60. The zero-order valence-electron chi connectivity index (χ0n) is 10.2.